The van der Waals surface area contributed by atoms with Gasteiger partial charge in [-0.2, -0.15) is 5.26 Å². The third kappa shape index (κ3) is 4.55. The lowest BCUT2D eigenvalue weighted by Gasteiger charge is -2.25. The summed E-state index contributed by atoms with van der Waals surface area (Å²) in [5, 5.41) is 9.67. The number of nitrogens with zero attached hydrogens (tertiary/aromatic N) is 2. The zero-order chi connectivity index (χ0) is 19.9. The van der Waals surface area contributed by atoms with Gasteiger partial charge in [0.2, 0.25) is 0 Å². The minimum absolute atomic E-state index is 0.156. The van der Waals surface area contributed by atoms with Crippen LogP contribution in [0.15, 0.2) is 78.9 Å². The maximum Gasteiger partial charge on any atom is 0.251 e. The van der Waals surface area contributed by atoms with E-state index in [1.165, 1.54) is 0 Å². The maximum absolute atomic E-state index is 13.2. The number of carbonyl (C=O) groups excluding carboxylic acids is 1. The van der Waals surface area contributed by atoms with Gasteiger partial charge in [-0.15, -0.1) is 0 Å². The molecule has 138 valence electrons. The highest BCUT2D eigenvalue weighted by atomic mass is 16.2. The first kappa shape index (κ1) is 19.1. The fourth-order valence-corrected chi connectivity index (χ4v) is 3.26. The Morgan fingerprint density at radius 3 is 2.29 bits per heavy atom. The summed E-state index contributed by atoms with van der Waals surface area (Å²) in [5.74, 6) is -0.156. The number of carbonyl (C=O) groups is 1. The molecule has 3 aromatic carbocycles. The number of rotatable bonds is 5. The number of amides is 1. The van der Waals surface area contributed by atoms with Crippen molar-refractivity contribution in [2.75, 3.05) is 4.90 Å². The summed E-state index contributed by atoms with van der Waals surface area (Å²) >= 11 is 0. The van der Waals surface area contributed by atoms with Crippen molar-refractivity contribution >= 4 is 17.7 Å². The molecule has 0 saturated carbocycles. The Morgan fingerprint density at radius 2 is 1.64 bits per heavy atom. The molecular weight excluding hydrogens is 344 g/mol. The fourth-order valence-electron chi connectivity index (χ4n) is 3.26. The van der Waals surface area contributed by atoms with E-state index in [9.17, 15) is 10.1 Å². The first-order valence-electron chi connectivity index (χ1n) is 9.18. The second-order valence-corrected chi connectivity index (χ2v) is 6.74. The van der Waals surface area contributed by atoms with E-state index in [0.717, 1.165) is 22.3 Å². The molecular formula is C25H22N2O. The number of hydrogen-bond acceptors (Lipinski definition) is 2. The molecule has 3 rings (SSSR count). The molecule has 0 heterocycles. The van der Waals surface area contributed by atoms with Crippen molar-refractivity contribution in [2.24, 2.45) is 0 Å². The Morgan fingerprint density at radius 1 is 1.00 bits per heavy atom. The van der Waals surface area contributed by atoms with Gasteiger partial charge in [-0.05, 0) is 48.2 Å². The van der Waals surface area contributed by atoms with Gasteiger partial charge in [0, 0.05) is 6.08 Å². The van der Waals surface area contributed by atoms with Gasteiger partial charge in [0.05, 0.1) is 17.8 Å². The van der Waals surface area contributed by atoms with Crippen LogP contribution in [-0.2, 0) is 11.3 Å². The van der Waals surface area contributed by atoms with E-state index in [1.54, 1.807) is 17.1 Å². The third-order valence-corrected chi connectivity index (χ3v) is 4.50. The minimum Gasteiger partial charge on any atom is -0.303 e. The van der Waals surface area contributed by atoms with Crippen molar-refractivity contribution in [3.63, 3.8) is 0 Å². The smallest absolute Gasteiger partial charge is 0.251 e. The molecule has 3 nitrogen and oxygen atoms in total. The highest BCUT2D eigenvalue weighted by Crippen LogP contribution is 2.28. The van der Waals surface area contributed by atoms with Crippen LogP contribution in [0.1, 0.15) is 27.8 Å². The zero-order valence-electron chi connectivity index (χ0n) is 16.1. The summed E-state index contributed by atoms with van der Waals surface area (Å²) in [5.41, 5.74) is 5.05. The van der Waals surface area contributed by atoms with Crippen LogP contribution >= 0.6 is 0 Å². The predicted octanol–water partition coefficient (Wildman–Crippen LogP) is 5.42. The van der Waals surface area contributed by atoms with Crippen molar-refractivity contribution in [3.05, 3.63) is 107 Å². The van der Waals surface area contributed by atoms with E-state index in [2.05, 4.69) is 6.07 Å². The van der Waals surface area contributed by atoms with Gasteiger partial charge in [-0.3, -0.25) is 4.79 Å². The molecule has 0 aliphatic heterocycles. The van der Waals surface area contributed by atoms with Crippen LogP contribution in [0.25, 0.3) is 6.08 Å². The molecule has 0 aliphatic carbocycles. The maximum atomic E-state index is 13.2. The lowest BCUT2D eigenvalue weighted by molar-refractivity contribution is -0.114. The van der Waals surface area contributed by atoms with Crippen LogP contribution in [-0.4, -0.2) is 5.91 Å². The summed E-state index contributed by atoms with van der Waals surface area (Å²) < 4.78 is 0. The second-order valence-electron chi connectivity index (χ2n) is 6.74. The highest BCUT2D eigenvalue weighted by molar-refractivity contribution is 6.05. The van der Waals surface area contributed by atoms with Crippen molar-refractivity contribution < 1.29 is 4.79 Å². The Bertz CT molecular complexity index is 1030. The van der Waals surface area contributed by atoms with E-state index < -0.39 is 0 Å². The van der Waals surface area contributed by atoms with Crippen LogP contribution < -0.4 is 4.90 Å². The van der Waals surface area contributed by atoms with Crippen molar-refractivity contribution in [3.8, 4) is 6.07 Å². The van der Waals surface area contributed by atoms with Gasteiger partial charge in [0.15, 0.2) is 0 Å². The van der Waals surface area contributed by atoms with Gasteiger partial charge in [0.25, 0.3) is 5.91 Å². The average molecular weight is 366 g/mol. The van der Waals surface area contributed by atoms with E-state index in [-0.39, 0.29) is 5.91 Å². The summed E-state index contributed by atoms with van der Waals surface area (Å²) in [6.45, 7) is 4.29. The summed E-state index contributed by atoms with van der Waals surface area (Å²) in [7, 11) is 0. The Hall–Kier alpha value is -3.64. The second kappa shape index (κ2) is 8.83. The summed E-state index contributed by atoms with van der Waals surface area (Å²) in [6, 6.07) is 25.6. The van der Waals surface area contributed by atoms with Crippen LogP contribution in [0.5, 0.6) is 0 Å². The minimum atomic E-state index is -0.156. The van der Waals surface area contributed by atoms with Crippen molar-refractivity contribution in [1.82, 2.24) is 0 Å². The predicted molar refractivity (Wildman–Crippen MR) is 114 cm³/mol. The van der Waals surface area contributed by atoms with E-state index in [0.29, 0.717) is 17.8 Å². The Balaban J connectivity index is 2.02. The highest BCUT2D eigenvalue weighted by Gasteiger charge is 2.20. The van der Waals surface area contributed by atoms with Gasteiger partial charge >= 0.3 is 0 Å². The van der Waals surface area contributed by atoms with Gasteiger partial charge < -0.3 is 4.90 Å². The van der Waals surface area contributed by atoms with Gasteiger partial charge in [0.1, 0.15) is 6.07 Å². The monoisotopic (exact) mass is 366 g/mol. The van der Waals surface area contributed by atoms with E-state index in [1.807, 2.05) is 86.6 Å². The first-order valence-corrected chi connectivity index (χ1v) is 9.18. The largest absolute Gasteiger partial charge is 0.303 e. The molecule has 0 atom stereocenters. The van der Waals surface area contributed by atoms with E-state index >= 15 is 0 Å². The van der Waals surface area contributed by atoms with Crippen LogP contribution in [0.3, 0.4) is 0 Å². The number of aryl methyl sites for hydroxylation is 2. The number of benzene rings is 3. The molecule has 0 bridgehead atoms. The van der Waals surface area contributed by atoms with Crippen molar-refractivity contribution in [2.45, 2.75) is 20.4 Å². The van der Waals surface area contributed by atoms with Crippen LogP contribution in [0, 0.1) is 25.2 Å². The van der Waals surface area contributed by atoms with Crippen LogP contribution in [0.4, 0.5) is 5.69 Å². The van der Waals surface area contributed by atoms with Gasteiger partial charge in [-0.25, -0.2) is 0 Å². The molecule has 0 N–H and O–H groups in total. The first-order chi connectivity index (χ1) is 13.6. The quantitative estimate of drug-likeness (QED) is 0.566. The standard InChI is InChI=1S/C25H22N2O/c1-19-15-20(2)25(23(16-19)17-26)27(18-22-11-7-4-8-12-22)24(28)14-13-21-9-5-3-6-10-21/h3-16H,18H2,1-2H3/b14-13+. The molecule has 0 fully saturated rings. The Labute approximate surface area is 166 Å². The molecule has 0 aliphatic rings. The lowest BCUT2D eigenvalue weighted by Crippen LogP contribution is -2.30. The molecule has 0 aromatic heterocycles. The normalized spacial score (nSPS) is 10.6. The molecule has 0 saturated heterocycles. The summed E-state index contributed by atoms with van der Waals surface area (Å²) in [6.07, 6.45) is 3.37. The molecule has 3 aromatic rings. The molecule has 0 unspecified atom stereocenters. The zero-order valence-corrected chi connectivity index (χ0v) is 16.1. The molecule has 0 spiro atoms. The molecule has 3 heteroatoms. The number of hydrogen-bond donors (Lipinski definition) is 0. The van der Waals surface area contributed by atoms with Crippen LogP contribution in [0.2, 0.25) is 0 Å². The average Bonchev–Trinajstić information content (AvgIpc) is 2.71. The molecule has 1 amide bonds. The fraction of sp³-hybridized carbons (Fsp3) is 0.120. The van der Waals surface area contributed by atoms with Crippen molar-refractivity contribution in [1.29, 1.82) is 5.26 Å². The molecule has 28 heavy (non-hydrogen) atoms. The number of anilines is 1. The SMILES string of the molecule is Cc1cc(C)c(N(Cc2ccccc2)C(=O)/C=C/c2ccccc2)c(C#N)c1. The Kier molecular flexibility index (Phi) is 6.04. The number of nitriles is 1. The lowest BCUT2D eigenvalue weighted by atomic mass is 10.0. The summed E-state index contributed by atoms with van der Waals surface area (Å²) in [4.78, 5) is 14.8. The topological polar surface area (TPSA) is 44.1 Å². The molecule has 0 radical (unpaired) electrons. The third-order valence-electron chi connectivity index (χ3n) is 4.50. The van der Waals surface area contributed by atoms with Gasteiger partial charge in [-0.1, -0.05) is 66.7 Å². The van der Waals surface area contributed by atoms with E-state index in [4.69, 9.17) is 0 Å².